The summed E-state index contributed by atoms with van der Waals surface area (Å²) in [5.74, 6) is 0. The van der Waals surface area contributed by atoms with Crippen molar-refractivity contribution in [3.05, 3.63) is 169 Å². The van der Waals surface area contributed by atoms with E-state index < -0.39 is 0 Å². The van der Waals surface area contributed by atoms with Crippen LogP contribution in [0.15, 0.2) is 158 Å². The molecule has 0 spiro atoms. The first-order chi connectivity index (χ1) is 24.1. The Bertz CT molecular complexity index is 2530. The smallest absolute Gasteiger partial charge is 0.124 e. The third-order valence-corrected chi connectivity index (χ3v) is 11.6. The quantitative estimate of drug-likeness (QED) is 0.185. The Labute approximate surface area is 290 Å². The monoisotopic (exact) mass is 644 g/mol. The molecular weight excluding hydrogens is 613 g/mol. The number of fused-ring (bicyclic) bond motifs is 6. The molecular formula is C46H32N2S. The Balaban J connectivity index is 1.16. The molecule has 0 atom stereocenters. The van der Waals surface area contributed by atoms with E-state index in [4.69, 9.17) is 4.98 Å². The van der Waals surface area contributed by atoms with Gasteiger partial charge in [0.2, 0.25) is 0 Å². The maximum Gasteiger partial charge on any atom is 0.124 e. The van der Waals surface area contributed by atoms with Crippen LogP contribution in [-0.2, 0) is 5.41 Å². The summed E-state index contributed by atoms with van der Waals surface area (Å²) in [6, 6.07) is 57.5. The van der Waals surface area contributed by atoms with Crippen LogP contribution in [0.4, 0.5) is 17.1 Å². The number of aromatic nitrogens is 1. The summed E-state index contributed by atoms with van der Waals surface area (Å²) >= 11 is 1.79. The highest BCUT2D eigenvalue weighted by Gasteiger charge is 2.36. The van der Waals surface area contributed by atoms with Crippen LogP contribution < -0.4 is 4.90 Å². The van der Waals surface area contributed by atoms with E-state index in [1.165, 1.54) is 71.4 Å². The first kappa shape index (κ1) is 28.3. The van der Waals surface area contributed by atoms with Crippen LogP contribution in [-0.4, -0.2) is 4.98 Å². The number of anilines is 3. The van der Waals surface area contributed by atoms with E-state index in [2.05, 4.69) is 176 Å². The van der Waals surface area contributed by atoms with Crippen LogP contribution in [0.5, 0.6) is 0 Å². The minimum Gasteiger partial charge on any atom is -0.310 e. The number of thiazole rings is 1. The zero-order valence-corrected chi connectivity index (χ0v) is 28.1. The molecule has 0 bridgehead atoms. The molecule has 0 unspecified atom stereocenters. The Kier molecular flexibility index (Phi) is 6.12. The van der Waals surface area contributed by atoms with Crippen LogP contribution in [0.2, 0.25) is 0 Å². The van der Waals surface area contributed by atoms with E-state index >= 15 is 0 Å². The molecule has 2 aliphatic carbocycles. The van der Waals surface area contributed by atoms with Crippen molar-refractivity contribution >= 4 is 39.2 Å². The van der Waals surface area contributed by atoms with E-state index in [0.29, 0.717) is 0 Å². The van der Waals surface area contributed by atoms with Gasteiger partial charge in [-0.25, -0.2) is 4.98 Å². The predicted molar refractivity (Wildman–Crippen MR) is 207 cm³/mol. The number of rotatable bonds is 5. The van der Waals surface area contributed by atoms with Gasteiger partial charge in [-0.2, -0.15) is 0 Å². The second kappa shape index (κ2) is 10.6. The molecule has 232 valence electrons. The van der Waals surface area contributed by atoms with Crippen molar-refractivity contribution in [1.82, 2.24) is 4.98 Å². The van der Waals surface area contributed by atoms with Gasteiger partial charge in [0.15, 0.2) is 0 Å². The van der Waals surface area contributed by atoms with Crippen molar-refractivity contribution in [3.63, 3.8) is 0 Å². The van der Waals surface area contributed by atoms with E-state index in [9.17, 15) is 0 Å². The Morgan fingerprint density at radius 3 is 1.94 bits per heavy atom. The van der Waals surface area contributed by atoms with Crippen molar-refractivity contribution in [3.8, 4) is 54.5 Å². The van der Waals surface area contributed by atoms with Crippen LogP contribution in [0, 0.1) is 0 Å². The van der Waals surface area contributed by atoms with E-state index in [1.54, 1.807) is 11.3 Å². The van der Waals surface area contributed by atoms with Crippen molar-refractivity contribution in [2.75, 3.05) is 4.90 Å². The molecule has 7 aromatic carbocycles. The molecule has 0 radical (unpaired) electrons. The molecule has 49 heavy (non-hydrogen) atoms. The third-order valence-electron chi connectivity index (χ3n) is 10.5. The predicted octanol–water partition coefficient (Wildman–Crippen LogP) is 13.1. The van der Waals surface area contributed by atoms with Gasteiger partial charge in [-0.05, 0) is 63.7 Å². The summed E-state index contributed by atoms with van der Waals surface area (Å²) < 4.78 is 0. The fourth-order valence-electron chi connectivity index (χ4n) is 8.05. The lowest BCUT2D eigenvalue weighted by atomic mass is 9.82. The molecule has 0 N–H and O–H groups in total. The van der Waals surface area contributed by atoms with Gasteiger partial charge in [-0.3, -0.25) is 0 Å². The second-order valence-corrected chi connectivity index (χ2v) is 14.6. The largest absolute Gasteiger partial charge is 0.310 e. The minimum atomic E-state index is -0.0940. The summed E-state index contributed by atoms with van der Waals surface area (Å²) in [7, 11) is 0. The number of hydrogen-bond donors (Lipinski definition) is 0. The lowest BCUT2D eigenvalue weighted by Gasteiger charge is -2.29. The summed E-state index contributed by atoms with van der Waals surface area (Å²) in [6.07, 6.45) is 0. The average Bonchev–Trinajstić information content (AvgIpc) is 3.79. The molecule has 1 heterocycles. The topological polar surface area (TPSA) is 16.1 Å². The van der Waals surface area contributed by atoms with Gasteiger partial charge in [-0.15, -0.1) is 11.3 Å². The maximum atomic E-state index is 5.21. The molecule has 8 aromatic rings. The summed E-state index contributed by atoms with van der Waals surface area (Å²) in [4.78, 5) is 8.92. The lowest BCUT2D eigenvalue weighted by molar-refractivity contribution is 0.660. The highest BCUT2D eigenvalue weighted by Crippen LogP contribution is 2.55. The summed E-state index contributed by atoms with van der Waals surface area (Å²) in [5, 5.41) is 3.59. The van der Waals surface area contributed by atoms with Gasteiger partial charge in [-0.1, -0.05) is 141 Å². The molecule has 2 aliphatic rings. The molecule has 0 saturated heterocycles. The normalized spacial score (nSPS) is 13.3. The highest BCUT2D eigenvalue weighted by atomic mass is 32.1. The molecule has 0 amide bonds. The standard InChI is InChI=1S/C46H32N2S/c1-46(2)39-19-10-9-16-34(39)35-25-24-33(28-40(35)46)48(32-22-20-30(21-23-32)29-12-5-3-6-13-29)41-27-26-37-42-36(41)17-11-18-38(42)44-43(37)47-45(49-44)31-14-7-4-8-15-31/h3-28H,1-2H3. The molecule has 0 saturated carbocycles. The van der Waals surface area contributed by atoms with Gasteiger partial charge < -0.3 is 4.90 Å². The van der Waals surface area contributed by atoms with E-state index in [1.807, 2.05) is 0 Å². The van der Waals surface area contributed by atoms with Crippen LogP contribution in [0.3, 0.4) is 0 Å². The number of benzene rings is 7. The maximum absolute atomic E-state index is 5.21. The Hall–Kier alpha value is -5.77. The van der Waals surface area contributed by atoms with E-state index in [-0.39, 0.29) is 5.41 Å². The average molecular weight is 645 g/mol. The van der Waals surface area contributed by atoms with Crippen molar-refractivity contribution in [2.45, 2.75) is 19.3 Å². The number of nitrogens with zero attached hydrogens (tertiary/aromatic N) is 2. The molecule has 3 heteroatoms. The van der Waals surface area contributed by atoms with Crippen molar-refractivity contribution < 1.29 is 0 Å². The first-order valence-corrected chi connectivity index (χ1v) is 17.7. The zero-order chi connectivity index (χ0) is 32.7. The molecule has 1 aromatic heterocycles. The Morgan fingerprint density at radius 2 is 1.14 bits per heavy atom. The summed E-state index contributed by atoms with van der Waals surface area (Å²) in [5.41, 5.74) is 16.0. The van der Waals surface area contributed by atoms with E-state index in [0.717, 1.165) is 22.1 Å². The molecule has 0 fully saturated rings. The van der Waals surface area contributed by atoms with Gasteiger partial charge in [0.05, 0.1) is 16.3 Å². The van der Waals surface area contributed by atoms with Gasteiger partial charge in [0.1, 0.15) is 5.01 Å². The lowest BCUT2D eigenvalue weighted by Crippen LogP contribution is -2.16. The molecule has 2 nitrogen and oxygen atoms in total. The third kappa shape index (κ3) is 4.22. The minimum absolute atomic E-state index is 0.0940. The Morgan fingerprint density at radius 1 is 0.510 bits per heavy atom. The molecule has 0 aliphatic heterocycles. The fourth-order valence-corrected chi connectivity index (χ4v) is 9.17. The van der Waals surface area contributed by atoms with Crippen molar-refractivity contribution in [2.24, 2.45) is 0 Å². The van der Waals surface area contributed by atoms with Gasteiger partial charge >= 0.3 is 0 Å². The fraction of sp³-hybridized carbons (Fsp3) is 0.0652. The van der Waals surface area contributed by atoms with Crippen LogP contribution in [0.25, 0.3) is 65.3 Å². The van der Waals surface area contributed by atoms with Gasteiger partial charge in [0, 0.05) is 44.3 Å². The van der Waals surface area contributed by atoms with Crippen molar-refractivity contribution in [1.29, 1.82) is 0 Å². The summed E-state index contributed by atoms with van der Waals surface area (Å²) in [6.45, 7) is 4.71. The van der Waals surface area contributed by atoms with Gasteiger partial charge in [0.25, 0.3) is 0 Å². The van der Waals surface area contributed by atoms with Crippen LogP contribution >= 0.6 is 11.3 Å². The SMILES string of the molecule is CC1(C)c2ccccc2-c2ccc(N(c3ccc(-c4ccccc4)cc3)c3ccc4c5c(cccc35)-c3sc(-c5ccccc5)nc3-4)cc21. The zero-order valence-electron chi connectivity index (χ0n) is 27.3. The second-order valence-electron chi connectivity index (χ2n) is 13.6. The van der Waals surface area contributed by atoms with Crippen LogP contribution in [0.1, 0.15) is 25.0 Å². The highest BCUT2D eigenvalue weighted by molar-refractivity contribution is 7.19. The molecule has 10 rings (SSSR count). The first-order valence-electron chi connectivity index (χ1n) is 16.9. The number of hydrogen-bond acceptors (Lipinski definition) is 3.